The van der Waals surface area contributed by atoms with Crippen LogP contribution in [-0.4, -0.2) is 58.8 Å². The lowest BCUT2D eigenvalue weighted by Gasteiger charge is -2.23. The molecule has 9 heteroatoms. The first-order valence-electron chi connectivity index (χ1n) is 13.7. The fourth-order valence-corrected chi connectivity index (χ4v) is 4.76. The molecule has 9 nitrogen and oxygen atoms in total. The summed E-state index contributed by atoms with van der Waals surface area (Å²) in [7, 11) is 1.53. The highest BCUT2D eigenvalue weighted by molar-refractivity contribution is 5.98. The molecule has 0 saturated heterocycles. The summed E-state index contributed by atoms with van der Waals surface area (Å²) in [6.07, 6.45) is 5.19. The SMILES string of the molecule is COc1ccc(C(CC(=O)NC[C@@H](C)O)c2c(O)cc3c(c2O)C(=O)O[C@@H](C)CCCC(=O)CCCC=C3)cc1. The molecule has 0 bridgehead atoms. The van der Waals surface area contributed by atoms with E-state index in [1.807, 2.05) is 0 Å². The van der Waals surface area contributed by atoms with Crippen LogP contribution in [0.3, 0.4) is 0 Å². The van der Waals surface area contributed by atoms with Crippen LogP contribution in [-0.2, 0) is 14.3 Å². The molecule has 40 heavy (non-hydrogen) atoms. The van der Waals surface area contributed by atoms with Crippen molar-refractivity contribution in [3.8, 4) is 17.2 Å². The number of carbonyl (C=O) groups is 3. The van der Waals surface area contributed by atoms with Gasteiger partial charge < -0.3 is 30.1 Å². The molecule has 1 amide bonds. The number of benzene rings is 2. The number of rotatable bonds is 7. The van der Waals surface area contributed by atoms with Crippen LogP contribution in [0, 0.1) is 0 Å². The number of allylic oxidation sites excluding steroid dienone is 1. The number of hydrogen-bond donors (Lipinski definition) is 4. The van der Waals surface area contributed by atoms with Gasteiger partial charge in [0.2, 0.25) is 5.91 Å². The Morgan fingerprint density at radius 2 is 1.85 bits per heavy atom. The lowest BCUT2D eigenvalue weighted by molar-refractivity contribution is -0.122. The molecule has 1 unspecified atom stereocenters. The van der Waals surface area contributed by atoms with Gasteiger partial charge in [-0.3, -0.25) is 9.59 Å². The van der Waals surface area contributed by atoms with E-state index in [-0.39, 0.29) is 41.2 Å². The summed E-state index contributed by atoms with van der Waals surface area (Å²) in [5.41, 5.74) is 0.778. The maximum absolute atomic E-state index is 13.4. The number of fused-ring (bicyclic) bond motifs is 1. The normalized spacial score (nSPS) is 18.1. The summed E-state index contributed by atoms with van der Waals surface area (Å²) in [5.74, 6) is -2.01. The Bertz CT molecular complexity index is 1220. The van der Waals surface area contributed by atoms with Crippen LogP contribution in [0.5, 0.6) is 17.2 Å². The van der Waals surface area contributed by atoms with Crippen molar-refractivity contribution in [1.29, 1.82) is 0 Å². The highest BCUT2D eigenvalue weighted by Crippen LogP contribution is 2.44. The Hall–Kier alpha value is -3.85. The number of hydrogen-bond acceptors (Lipinski definition) is 8. The summed E-state index contributed by atoms with van der Waals surface area (Å²) >= 11 is 0. The third kappa shape index (κ3) is 8.32. The van der Waals surface area contributed by atoms with Crippen molar-refractivity contribution in [1.82, 2.24) is 5.32 Å². The summed E-state index contributed by atoms with van der Waals surface area (Å²) < 4.78 is 10.9. The summed E-state index contributed by atoms with van der Waals surface area (Å²) in [5, 5.41) is 34.9. The van der Waals surface area contributed by atoms with Gasteiger partial charge in [-0.2, -0.15) is 0 Å². The molecule has 1 heterocycles. The number of aliphatic hydroxyl groups is 1. The van der Waals surface area contributed by atoms with Crippen molar-refractivity contribution >= 4 is 23.7 Å². The first kappa shape index (κ1) is 30.7. The van der Waals surface area contributed by atoms with E-state index in [4.69, 9.17) is 9.47 Å². The Morgan fingerprint density at radius 1 is 1.15 bits per heavy atom. The number of methoxy groups -OCH3 is 1. The van der Waals surface area contributed by atoms with E-state index in [0.717, 1.165) is 0 Å². The van der Waals surface area contributed by atoms with Crippen LogP contribution in [0.1, 0.15) is 91.8 Å². The van der Waals surface area contributed by atoms with Gasteiger partial charge in [-0.1, -0.05) is 24.3 Å². The van der Waals surface area contributed by atoms with Gasteiger partial charge in [0.15, 0.2) is 0 Å². The molecule has 0 spiro atoms. The standard InChI is InChI=1S/C31H39NO8/c1-19(33)18-32-27(36)17-25(21-12-14-24(39-3)15-13-21)29-26(35)16-22-9-5-4-6-10-23(34)11-7-8-20(2)40-31(38)28(22)30(29)37/h5,9,12-16,19-20,25,33,35,37H,4,6-8,10-11,17-18H2,1-3H3,(H,32,36)/t19-,20+,25?/m1/s1. The van der Waals surface area contributed by atoms with E-state index in [9.17, 15) is 29.7 Å². The molecule has 0 fully saturated rings. The smallest absolute Gasteiger partial charge is 0.342 e. The van der Waals surface area contributed by atoms with E-state index >= 15 is 0 Å². The summed E-state index contributed by atoms with van der Waals surface area (Å²) in [4.78, 5) is 38.3. The second kappa shape index (κ2) is 14.5. The Morgan fingerprint density at radius 3 is 2.52 bits per heavy atom. The van der Waals surface area contributed by atoms with Crippen molar-refractivity contribution in [2.75, 3.05) is 13.7 Å². The van der Waals surface area contributed by atoms with Crippen LogP contribution >= 0.6 is 0 Å². The highest BCUT2D eigenvalue weighted by Gasteiger charge is 2.31. The second-order valence-electron chi connectivity index (χ2n) is 10.2. The van der Waals surface area contributed by atoms with Crippen molar-refractivity contribution in [2.24, 2.45) is 0 Å². The van der Waals surface area contributed by atoms with Crippen LogP contribution in [0.4, 0.5) is 0 Å². The molecule has 2 aromatic rings. The molecule has 0 radical (unpaired) electrons. The molecule has 1 aliphatic heterocycles. The minimum atomic E-state index is -0.835. The number of phenolic OH excluding ortho intramolecular Hbond substituents is 2. The predicted molar refractivity (Wildman–Crippen MR) is 151 cm³/mol. The zero-order valence-corrected chi connectivity index (χ0v) is 23.3. The largest absolute Gasteiger partial charge is 0.507 e. The minimum absolute atomic E-state index is 0.0147. The van der Waals surface area contributed by atoms with Gasteiger partial charge in [0, 0.05) is 37.3 Å². The van der Waals surface area contributed by atoms with E-state index in [1.165, 1.54) is 13.2 Å². The number of aliphatic hydroxyl groups excluding tert-OH is 1. The lowest BCUT2D eigenvalue weighted by Crippen LogP contribution is -2.31. The second-order valence-corrected chi connectivity index (χ2v) is 10.2. The van der Waals surface area contributed by atoms with Gasteiger partial charge >= 0.3 is 5.97 Å². The highest BCUT2D eigenvalue weighted by atomic mass is 16.5. The van der Waals surface area contributed by atoms with Crippen molar-refractivity contribution < 1.29 is 39.2 Å². The number of carbonyl (C=O) groups excluding carboxylic acids is 3. The molecule has 3 rings (SSSR count). The van der Waals surface area contributed by atoms with Gasteiger partial charge in [-0.05, 0) is 68.9 Å². The third-order valence-electron chi connectivity index (χ3n) is 6.90. The van der Waals surface area contributed by atoms with Crippen LogP contribution in [0.2, 0.25) is 0 Å². The topological polar surface area (TPSA) is 142 Å². The van der Waals surface area contributed by atoms with Crippen LogP contribution in [0.25, 0.3) is 6.08 Å². The quantitative estimate of drug-likeness (QED) is 0.364. The predicted octanol–water partition coefficient (Wildman–Crippen LogP) is 4.61. The molecule has 2 aromatic carbocycles. The van der Waals surface area contributed by atoms with E-state index in [2.05, 4.69) is 5.32 Å². The zero-order valence-electron chi connectivity index (χ0n) is 23.3. The third-order valence-corrected chi connectivity index (χ3v) is 6.90. The maximum atomic E-state index is 13.4. The number of nitrogens with one attached hydrogen (secondary N) is 1. The van der Waals surface area contributed by atoms with Crippen molar-refractivity contribution in [2.45, 2.75) is 76.9 Å². The fourth-order valence-electron chi connectivity index (χ4n) is 4.76. The summed E-state index contributed by atoms with van der Waals surface area (Å²) in [6, 6.07) is 8.23. The molecule has 1 aliphatic rings. The molecule has 3 atom stereocenters. The average molecular weight is 554 g/mol. The minimum Gasteiger partial charge on any atom is -0.507 e. The summed E-state index contributed by atoms with van der Waals surface area (Å²) in [6.45, 7) is 3.32. The zero-order chi connectivity index (χ0) is 29.2. The number of amides is 1. The molecular formula is C31H39NO8. The first-order valence-corrected chi connectivity index (χ1v) is 13.7. The number of phenols is 2. The lowest BCUT2D eigenvalue weighted by atomic mass is 9.84. The maximum Gasteiger partial charge on any atom is 0.342 e. The number of cyclic esters (lactones) is 1. The van der Waals surface area contributed by atoms with Crippen LogP contribution < -0.4 is 10.1 Å². The molecule has 216 valence electrons. The van der Waals surface area contributed by atoms with Crippen molar-refractivity contribution in [3.63, 3.8) is 0 Å². The molecule has 0 aromatic heterocycles. The first-order chi connectivity index (χ1) is 19.1. The van der Waals surface area contributed by atoms with E-state index in [1.54, 1.807) is 50.3 Å². The molecular weight excluding hydrogens is 514 g/mol. The number of Topliss-reactive ketones (excluding diaryl/α,β-unsaturated/α-hetero) is 1. The number of ketones is 1. The van der Waals surface area contributed by atoms with Gasteiger partial charge in [-0.15, -0.1) is 0 Å². The Labute approximate surface area is 234 Å². The van der Waals surface area contributed by atoms with Crippen molar-refractivity contribution in [3.05, 3.63) is 58.7 Å². The monoisotopic (exact) mass is 553 g/mol. The Balaban J connectivity index is 2.11. The number of ether oxygens (including phenoxy) is 2. The molecule has 0 saturated carbocycles. The van der Waals surface area contributed by atoms with Gasteiger partial charge in [0.1, 0.15) is 28.6 Å². The van der Waals surface area contributed by atoms with E-state index < -0.39 is 35.8 Å². The van der Waals surface area contributed by atoms with E-state index in [0.29, 0.717) is 49.8 Å². The number of esters is 1. The fraction of sp³-hybridized carbons (Fsp3) is 0.452. The van der Waals surface area contributed by atoms with Crippen LogP contribution in [0.15, 0.2) is 36.4 Å². The number of aromatic hydroxyl groups is 2. The van der Waals surface area contributed by atoms with Gasteiger partial charge in [-0.25, -0.2) is 4.79 Å². The van der Waals surface area contributed by atoms with Gasteiger partial charge in [0.05, 0.1) is 19.3 Å². The molecule has 4 N–H and O–H groups in total. The average Bonchev–Trinajstić information content (AvgIpc) is 2.90. The molecule has 0 aliphatic carbocycles. The Kier molecular flexibility index (Phi) is 11.1. The van der Waals surface area contributed by atoms with Gasteiger partial charge in [0.25, 0.3) is 0 Å².